The predicted octanol–water partition coefficient (Wildman–Crippen LogP) is 3.52. The van der Waals surface area contributed by atoms with E-state index in [1.54, 1.807) is 0 Å². The fourth-order valence-electron chi connectivity index (χ4n) is 3.60. The predicted molar refractivity (Wildman–Crippen MR) is 124 cm³/mol. The van der Waals surface area contributed by atoms with Crippen LogP contribution in [0, 0.1) is 5.92 Å². The van der Waals surface area contributed by atoms with E-state index in [1.165, 1.54) is 11.1 Å². The van der Waals surface area contributed by atoms with Crippen LogP contribution in [0.25, 0.3) is 0 Å². The zero-order chi connectivity index (χ0) is 18.9. The largest absolute Gasteiger partial charge is 0.370 e. The molecule has 6 heteroatoms. The van der Waals surface area contributed by atoms with Crippen molar-refractivity contribution in [2.75, 3.05) is 26.7 Å². The highest BCUT2D eigenvalue weighted by molar-refractivity contribution is 14.0. The molecular formula is C21H35IN4O. The van der Waals surface area contributed by atoms with Gasteiger partial charge in [0.25, 0.3) is 0 Å². The van der Waals surface area contributed by atoms with Gasteiger partial charge in [-0.3, -0.25) is 9.79 Å². The van der Waals surface area contributed by atoms with Crippen molar-refractivity contribution < 1.29 is 4.79 Å². The fourth-order valence-corrected chi connectivity index (χ4v) is 3.60. The Morgan fingerprint density at radius 1 is 1.33 bits per heavy atom. The third-order valence-corrected chi connectivity index (χ3v) is 5.09. The monoisotopic (exact) mass is 486 g/mol. The number of nitrogens with two attached hydrogens (primary N) is 1. The van der Waals surface area contributed by atoms with E-state index in [2.05, 4.69) is 53.3 Å². The summed E-state index contributed by atoms with van der Waals surface area (Å²) in [7, 11) is 1.82. The number of piperidine rings is 1. The highest BCUT2D eigenvalue weighted by atomic mass is 127. The van der Waals surface area contributed by atoms with Crippen molar-refractivity contribution in [3.05, 3.63) is 35.4 Å². The first-order chi connectivity index (χ1) is 12.5. The van der Waals surface area contributed by atoms with Gasteiger partial charge in [-0.05, 0) is 48.6 Å². The van der Waals surface area contributed by atoms with Gasteiger partial charge in [0.15, 0.2) is 5.96 Å². The van der Waals surface area contributed by atoms with Crippen LogP contribution in [0.1, 0.15) is 56.6 Å². The van der Waals surface area contributed by atoms with Crippen LogP contribution >= 0.6 is 24.0 Å². The number of nitrogens with zero attached hydrogens (tertiary/aromatic N) is 2. The smallest absolute Gasteiger partial charge is 0.217 e. The second-order valence-corrected chi connectivity index (χ2v) is 7.60. The van der Waals surface area contributed by atoms with Crippen LogP contribution in [0.4, 0.5) is 0 Å². The zero-order valence-corrected chi connectivity index (χ0v) is 19.2. The van der Waals surface area contributed by atoms with Gasteiger partial charge in [-0.1, -0.05) is 38.1 Å². The molecule has 1 aromatic carbocycles. The number of nitrogens with one attached hydrogen (secondary N) is 1. The molecule has 1 unspecified atom stereocenters. The number of rotatable bonds is 7. The molecule has 1 aliphatic rings. The lowest BCUT2D eigenvalue weighted by Crippen LogP contribution is -2.47. The van der Waals surface area contributed by atoms with Gasteiger partial charge in [-0.25, -0.2) is 0 Å². The Morgan fingerprint density at radius 2 is 2.04 bits per heavy atom. The zero-order valence-electron chi connectivity index (χ0n) is 16.9. The number of aryl methyl sites for hydroxylation is 1. The average Bonchev–Trinajstić information content (AvgIpc) is 2.62. The highest BCUT2D eigenvalue weighted by Crippen LogP contribution is 2.19. The van der Waals surface area contributed by atoms with E-state index >= 15 is 0 Å². The summed E-state index contributed by atoms with van der Waals surface area (Å²) in [6, 6.07) is 8.95. The number of guanidine groups is 1. The van der Waals surface area contributed by atoms with Crippen molar-refractivity contribution in [2.45, 2.75) is 51.9 Å². The van der Waals surface area contributed by atoms with Crippen molar-refractivity contribution >= 4 is 35.8 Å². The van der Waals surface area contributed by atoms with Crippen LogP contribution in [0.2, 0.25) is 0 Å². The summed E-state index contributed by atoms with van der Waals surface area (Å²) < 4.78 is 0. The van der Waals surface area contributed by atoms with Crippen LogP contribution in [-0.4, -0.2) is 43.4 Å². The van der Waals surface area contributed by atoms with E-state index in [9.17, 15) is 4.79 Å². The van der Waals surface area contributed by atoms with Crippen LogP contribution in [0.3, 0.4) is 0 Å². The van der Waals surface area contributed by atoms with Gasteiger partial charge in [-0.2, -0.15) is 0 Å². The number of hydrogen-bond acceptors (Lipinski definition) is 2. The van der Waals surface area contributed by atoms with Gasteiger partial charge in [0.1, 0.15) is 0 Å². The number of carbonyl (C=O) groups is 1. The molecule has 152 valence electrons. The molecule has 27 heavy (non-hydrogen) atoms. The van der Waals surface area contributed by atoms with Crippen molar-refractivity contribution in [1.82, 2.24) is 10.2 Å². The molecule has 0 spiro atoms. The molecule has 1 fully saturated rings. The first kappa shape index (κ1) is 23.7. The molecule has 0 bridgehead atoms. The molecule has 1 atom stereocenters. The van der Waals surface area contributed by atoms with E-state index in [0.29, 0.717) is 18.3 Å². The maximum absolute atomic E-state index is 11.2. The van der Waals surface area contributed by atoms with Gasteiger partial charge in [0.05, 0.1) is 0 Å². The summed E-state index contributed by atoms with van der Waals surface area (Å²) in [6.07, 6.45) is 4.76. The van der Waals surface area contributed by atoms with E-state index in [4.69, 9.17) is 5.73 Å². The van der Waals surface area contributed by atoms with Crippen molar-refractivity contribution in [3.63, 3.8) is 0 Å². The molecular weight excluding hydrogens is 451 g/mol. The first-order valence-electron chi connectivity index (χ1n) is 9.82. The molecule has 0 saturated carbocycles. The summed E-state index contributed by atoms with van der Waals surface area (Å²) in [5.74, 6) is 1.66. The lowest BCUT2D eigenvalue weighted by Gasteiger charge is -2.34. The van der Waals surface area contributed by atoms with Gasteiger partial charge in [0.2, 0.25) is 5.91 Å². The summed E-state index contributed by atoms with van der Waals surface area (Å²) in [4.78, 5) is 17.8. The second-order valence-electron chi connectivity index (χ2n) is 7.60. The minimum Gasteiger partial charge on any atom is -0.370 e. The number of benzene rings is 1. The summed E-state index contributed by atoms with van der Waals surface area (Å²) in [6.45, 7) is 7.19. The van der Waals surface area contributed by atoms with E-state index < -0.39 is 0 Å². The highest BCUT2D eigenvalue weighted by Gasteiger charge is 2.23. The fraction of sp³-hybridized carbons (Fsp3) is 0.619. The van der Waals surface area contributed by atoms with Crippen LogP contribution in [-0.2, 0) is 11.2 Å². The third kappa shape index (κ3) is 8.07. The molecule has 0 radical (unpaired) electrons. The van der Waals surface area contributed by atoms with Crippen LogP contribution in [0.5, 0.6) is 0 Å². The summed E-state index contributed by atoms with van der Waals surface area (Å²) in [5, 5.41) is 3.47. The van der Waals surface area contributed by atoms with Crippen LogP contribution < -0.4 is 11.1 Å². The molecule has 1 aliphatic heterocycles. The minimum atomic E-state index is -0.205. The van der Waals surface area contributed by atoms with Crippen molar-refractivity contribution in [2.24, 2.45) is 16.6 Å². The first-order valence-corrected chi connectivity index (χ1v) is 9.82. The lowest BCUT2D eigenvalue weighted by atomic mass is 9.95. The second kappa shape index (κ2) is 12.2. The Labute approximate surface area is 181 Å². The molecule has 2 rings (SSSR count). The molecule has 1 aromatic rings. The standard InChI is InChI=1S/C21H34N4O.HI/c1-16(2)19-10-8-17(9-11-19)6-4-12-24-21(23-3)25-13-5-7-18(15-25)14-20(22)26;/h8-11,16,18H,4-7,12-15H2,1-3H3,(H2,22,26)(H,23,24);1H. The molecule has 5 nitrogen and oxygen atoms in total. The van der Waals surface area contributed by atoms with Crippen LogP contribution in [0.15, 0.2) is 29.3 Å². The molecule has 1 saturated heterocycles. The number of aliphatic imine (C=N–C) groups is 1. The Morgan fingerprint density at radius 3 is 2.63 bits per heavy atom. The molecule has 3 N–H and O–H groups in total. The van der Waals surface area contributed by atoms with Gasteiger partial charge >= 0.3 is 0 Å². The molecule has 1 heterocycles. The maximum Gasteiger partial charge on any atom is 0.217 e. The maximum atomic E-state index is 11.2. The van der Waals surface area contributed by atoms with Gasteiger partial charge in [-0.15, -0.1) is 24.0 Å². The van der Waals surface area contributed by atoms with Gasteiger partial charge in [0, 0.05) is 33.1 Å². The Hall–Kier alpha value is -1.31. The average molecular weight is 486 g/mol. The minimum absolute atomic E-state index is 0. The number of amides is 1. The number of primary amides is 1. The summed E-state index contributed by atoms with van der Waals surface area (Å²) in [5.41, 5.74) is 8.13. The topological polar surface area (TPSA) is 70.7 Å². The third-order valence-electron chi connectivity index (χ3n) is 5.09. The Bertz CT molecular complexity index is 601. The molecule has 0 aliphatic carbocycles. The van der Waals surface area contributed by atoms with E-state index in [-0.39, 0.29) is 29.9 Å². The van der Waals surface area contributed by atoms with Crippen molar-refractivity contribution in [1.29, 1.82) is 0 Å². The number of carbonyl (C=O) groups excluding carboxylic acids is 1. The molecule has 1 amide bonds. The van der Waals surface area contributed by atoms with E-state index in [1.807, 2.05) is 7.05 Å². The normalized spacial score (nSPS) is 17.6. The SMILES string of the molecule is CN=C(NCCCc1ccc(C(C)C)cc1)N1CCCC(CC(N)=O)C1.I. The van der Waals surface area contributed by atoms with Gasteiger partial charge < -0.3 is 16.0 Å². The summed E-state index contributed by atoms with van der Waals surface area (Å²) >= 11 is 0. The number of hydrogen-bond donors (Lipinski definition) is 2. The Kier molecular flexibility index (Phi) is 10.7. The van der Waals surface area contributed by atoms with Crippen molar-refractivity contribution in [3.8, 4) is 0 Å². The van der Waals surface area contributed by atoms with E-state index in [0.717, 1.165) is 51.3 Å². The quantitative estimate of drug-likeness (QED) is 0.268. The lowest BCUT2D eigenvalue weighted by molar-refractivity contribution is -0.119. The number of likely N-dealkylation sites (tertiary alicyclic amines) is 1. The number of halogens is 1. The molecule has 0 aromatic heterocycles. The Balaban J connectivity index is 0.00000364.